The number of rotatable bonds is 4. The van der Waals surface area contributed by atoms with Crippen molar-refractivity contribution in [3.05, 3.63) is 64.6 Å². The van der Waals surface area contributed by atoms with Gasteiger partial charge in [0.05, 0.1) is 31.0 Å². The highest BCUT2D eigenvalue weighted by atomic mass is 16.5. The van der Waals surface area contributed by atoms with Gasteiger partial charge in [-0.15, -0.1) is 0 Å². The minimum atomic E-state index is -0.636. The van der Waals surface area contributed by atoms with Crippen LogP contribution in [0.3, 0.4) is 0 Å². The number of ether oxygens (including phenoxy) is 2. The Bertz CT molecular complexity index is 1070. The van der Waals surface area contributed by atoms with Gasteiger partial charge < -0.3 is 14.8 Å². The maximum Gasteiger partial charge on any atom is 0.337 e. The molecule has 1 N–H and O–H groups in total. The molecule has 2 aromatic heterocycles. The number of hydrogen-bond donors (Lipinski definition) is 1. The van der Waals surface area contributed by atoms with Gasteiger partial charge in [0, 0.05) is 11.9 Å². The number of aryl methyl sites for hydroxylation is 2. The lowest BCUT2D eigenvalue weighted by atomic mass is 10.1. The molecule has 0 fully saturated rings. The highest BCUT2D eigenvalue weighted by Crippen LogP contribution is 2.20. The normalized spacial score (nSPS) is 10.6. The van der Waals surface area contributed by atoms with Crippen LogP contribution in [0.15, 0.2) is 36.5 Å². The molecule has 3 rings (SSSR count). The summed E-state index contributed by atoms with van der Waals surface area (Å²) >= 11 is 0. The summed E-state index contributed by atoms with van der Waals surface area (Å²) in [5.74, 6) is -1.70. The summed E-state index contributed by atoms with van der Waals surface area (Å²) in [6, 6.07) is 7.94. The number of imidazole rings is 1. The second-order valence-corrected chi connectivity index (χ2v) is 6.22. The number of anilines is 1. The highest BCUT2D eigenvalue weighted by molar-refractivity contribution is 6.06. The predicted molar refractivity (Wildman–Crippen MR) is 102 cm³/mol. The van der Waals surface area contributed by atoms with Crippen LogP contribution in [-0.2, 0) is 9.47 Å². The van der Waals surface area contributed by atoms with E-state index in [4.69, 9.17) is 9.47 Å². The van der Waals surface area contributed by atoms with Crippen molar-refractivity contribution in [2.45, 2.75) is 13.8 Å². The minimum Gasteiger partial charge on any atom is -0.465 e. The Balaban J connectivity index is 2.02. The van der Waals surface area contributed by atoms with Crippen LogP contribution in [0.4, 0.5) is 5.69 Å². The topological polar surface area (TPSA) is 99.0 Å². The van der Waals surface area contributed by atoms with E-state index in [-0.39, 0.29) is 16.8 Å². The number of carbonyl (C=O) groups excluding carboxylic acids is 3. The van der Waals surface area contributed by atoms with Gasteiger partial charge >= 0.3 is 11.9 Å². The molecule has 0 atom stereocenters. The minimum absolute atomic E-state index is 0.117. The van der Waals surface area contributed by atoms with Gasteiger partial charge in [-0.3, -0.25) is 9.20 Å². The highest BCUT2D eigenvalue weighted by Gasteiger charge is 2.19. The predicted octanol–water partition coefficient (Wildman–Crippen LogP) is 2.78. The molecule has 0 saturated heterocycles. The number of aromatic nitrogens is 2. The molecule has 1 amide bonds. The first kappa shape index (κ1) is 19.1. The zero-order valence-corrected chi connectivity index (χ0v) is 15.9. The van der Waals surface area contributed by atoms with Crippen molar-refractivity contribution in [1.82, 2.24) is 9.38 Å². The van der Waals surface area contributed by atoms with E-state index in [1.807, 2.05) is 25.3 Å². The lowest BCUT2D eigenvalue weighted by Crippen LogP contribution is -2.17. The monoisotopic (exact) mass is 381 g/mol. The Morgan fingerprint density at radius 3 is 2.14 bits per heavy atom. The number of carbonyl (C=O) groups is 3. The van der Waals surface area contributed by atoms with E-state index >= 15 is 0 Å². The lowest BCUT2D eigenvalue weighted by Gasteiger charge is -2.10. The number of benzene rings is 1. The van der Waals surface area contributed by atoms with Crippen molar-refractivity contribution in [1.29, 1.82) is 0 Å². The molecule has 2 heterocycles. The standard InChI is InChI=1S/C20H19N3O5/c1-11-5-6-16-21-12(2)17(23(16)10-11)18(24)22-15-8-13(19(25)27-3)7-14(9-15)20(26)28-4/h5-10H,1-4H3,(H,22,24). The molecule has 8 heteroatoms. The largest absolute Gasteiger partial charge is 0.465 e. The molecule has 0 bridgehead atoms. The fraction of sp³-hybridized carbons (Fsp3) is 0.200. The summed E-state index contributed by atoms with van der Waals surface area (Å²) in [5.41, 5.74) is 3.03. The van der Waals surface area contributed by atoms with Crippen molar-refractivity contribution in [2.75, 3.05) is 19.5 Å². The van der Waals surface area contributed by atoms with E-state index in [1.165, 1.54) is 32.4 Å². The van der Waals surface area contributed by atoms with Crippen LogP contribution in [-0.4, -0.2) is 41.5 Å². The maximum atomic E-state index is 12.9. The molecule has 0 saturated carbocycles. The quantitative estimate of drug-likeness (QED) is 0.698. The smallest absolute Gasteiger partial charge is 0.337 e. The Morgan fingerprint density at radius 1 is 0.964 bits per heavy atom. The van der Waals surface area contributed by atoms with Gasteiger partial charge in [0.25, 0.3) is 5.91 Å². The van der Waals surface area contributed by atoms with Gasteiger partial charge in [-0.1, -0.05) is 6.07 Å². The fourth-order valence-electron chi connectivity index (χ4n) is 2.90. The van der Waals surface area contributed by atoms with Gasteiger partial charge in [0.15, 0.2) is 0 Å². The summed E-state index contributed by atoms with van der Waals surface area (Å²) in [5, 5.41) is 2.72. The molecule has 0 aliphatic rings. The third-order valence-electron chi connectivity index (χ3n) is 4.19. The van der Waals surface area contributed by atoms with Gasteiger partial charge in [0.2, 0.25) is 0 Å². The summed E-state index contributed by atoms with van der Waals surface area (Å²) in [6.45, 7) is 3.65. The zero-order valence-electron chi connectivity index (χ0n) is 15.9. The Morgan fingerprint density at radius 2 is 1.57 bits per heavy atom. The zero-order chi connectivity index (χ0) is 20.4. The number of hydrogen-bond acceptors (Lipinski definition) is 6. The molecule has 3 aromatic rings. The van der Waals surface area contributed by atoms with Crippen molar-refractivity contribution in [3.8, 4) is 0 Å². The van der Waals surface area contributed by atoms with Crippen LogP contribution < -0.4 is 5.32 Å². The first-order valence-corrected chi connectivity index (χ1v) is 8.42. The third-order valence-corrected chi connectivity index (χ3v) is 4.19. The second-order valence-electron chi connectivity index (χ2n) is 6.22. The van der Waals surface area contributed by atoms with Crippen LogP contribution in [0.2, 0.25) is 0 Å². The number of fused-ring (bicyclic) bond motifs is 1. The van der Waals surface area contributed by atoms with Crippen molar-refractivity contribution < 1.29 is 23.9 Å². The van der Waals surface area contributed by atoms with Gasteiger partial charge in [-0.2, -0.15) is 0 Å². The molecule has 0 radical (unpaired) electrons. The van der Waals surface area contributed by atoms with Crippen LogP contribution in [0.5, 0.6) is 0 Å². The first-order valence-electron chi connectivity index (χ1n) is 8.42. The molecule has 1 aromatic carbocycles. The van der Waals surface area contributed by atoms with Crippen molar-refractivity contribution >= 4 is 29.2 Å². The van der Waals surface area contributed by atoms with Gasteiger partial charge in [0.1, 0.15) is 11.3 Å². The number of methoxy groups -OCH3 is 2. The van der Waals surface area contributed by atoms with E-state index in [2.05, 4.69) is 10.3 Å². The van der Waals surface area contributed by atoms with E-state index in [9.17, 15) is 14.4 Å². The van der Waals surface area contributed by atoms with Crippen LogP contribution in [0, 0.1) is 13.8 Å². The van der Waals surface area contributed by atoms with E-state index in [1.54, 1.807) is 11.3 Å². The fourth-order valence-corrected chi connectivity index (χ4v) is 2.90. The molecule has 0 spiro atoms. The molecule has 0 aliphatic heterocycles. The molecule has 144 valence electrons. The maximum absolute atomic E-state index is 12.9. The summed E-state index contributed by atoms with van der Waals surface area (Å²) in [6.07, 6.45) is 1.81. The van der Waals surface area contributed by atoms with Crippen LogP contribution >= 0.6 is 0 Å². The third kappa shape index (κ3) is 3.57. The van der Waals surface area contributed by atoms with Crippen molar-refractivity contribution in [2.24, 2.45) is 0 Å². The van der Waals surface area contributed by atoms with Crippen LogP contribution in [0.1, 0.15) is 42.5 Å². The van der Waals surface area contributed by atoms with E-state index in [0.717, 1.165) is 5.56 Å². The molecule has 28 heavy (non-hydrogen) atoms. The molecular weight excluding hydrogens is 362 g/mol. The molecular formula is C20H19N3O5. The Hall–Kier alpha value is -3.68. The second kappa shape index (κ2) is 7.51. The van der Waals surface area contributed by atoms with Crippen molar-refractivity contribution in [3.63, 3.8) is 0 Å². The summed E-state index contributed by atoms with van der Waals surface area (Å²) in [4.78, 5) is 41.1. The molecule has 8 nitrogen and oxygen atoms in total. The lowest BCUT2D eigenvalue weighted by molar-refractivity contribution is 0.0599. The molecule has 0 unspecified atom stereocenters. The van der Waals surface area contributed by atoms with Gasteiger partial charge in [-0.25, -0.2) is 14.6 Å². The number of nitrogens with one attached hydrogen (secondary N) is 1. The number of esters is 2. The number of nitrogens with zero attached hydrogens (tertiary/aromatic N) is 2. The number of amides is 1. The average molecular weight is 381 g/mol. The Labute approximate surface area is 161 Å². The Kier molecular flexibility index (Phi) is 5.12. The van der Waals surface area contributed by atoms with E-state index < -0.39 is 17.8 Å². The summed E-state index contributed by atoms with van der Waals surface area (Å²) < 4.78 is 11.1. The summed E-state index contributed by atoms with van der Waals surface area (Å²) in [7, 11) is 2.46. The van der Waals surface area contributed by atoms with Crippen LogP contribution in [0.25, 0.3) is 5.65 Å². The number of pyridine rings is 1. The first-order chi connectivity index (χ1) is 13.3. The van der Waals surface area contributed by atoms with Gasteiger partial charge in [-0.05, 0) is 43.7 Å². The SMILES string of the molecule is COC(=O)c1cc(NC(=O)c2c(C)nc3ccc(C)cn23)cc(C(=O)OC)c1. The average Bonchev–Trinajstić information content (AvgIpc) is 3.01. The van der Waals surface area contributed by atoms with E-state index in [0.29, 0.717) is 17.0 Å². The molecule has 0 aliphatic carbocycles.